The van der Waals surface area contributed by atoms with Gasteiger partial charge in [-0.15, -0.1) is 0 Å². The van der Waals surface area contributed by atoms with Crippen LogP contribution in [0.3, 0.4) is 0 Å². The molecule has 0 fully saturated rings. The first-order valence-corrected chi connectivity index (χ1v) is 7.48. The van der Waals surface area contributed by atoms with E-state index >= 15 is 0 Å². The molecule has 0 atom stereocenters. The molecule has 0 spiro atoms. The predicted octanol–water partition coefficient (Wildman–Crippen LogP) is 3.31. The fourth-order valence-electron chi connectivity index (χ4n) is 2.12. The molecule has 1 heterocycles. The van der Waals surface area contributed by atoms with Crippen molar-refractivity contribution in [3.8, 4) is 0 Å². The highest BCUT2D eigenvalue weighted by atomic mass is 79.9. The Morgan fingerprint density at radius 2 is 2.00 bits per heavy atom. The Kier molecular flexibility index (Phi) is 5.16. The first kappa shape index (κ1) is 14.3. The zero-order chi connectivity index (χ0) is 13.7. The number of hydrogen-bond acceptors (Lipinski definition) is 2. The fourth-order valence-corrected chi connectivity index (χ4v) is 2.55. The Labute approximate surface area is 123 Å². The Morgan fingerprint density at radius 3 is 2.68 bits per heavy atom. The van der Waals surface area contributed by atoms with Crippen molar-refractivity contribution in [1.29, 1.82) is 0 Å². The summed E-state index contributed by atoms with van der Waals surface area (Å²) < 4.78 is 3.18. The van der Waals surface area contributed by atoms with Crippen LogP contribution in [0.4, 0.5) is 0 Å². The maximum atomic E-state index is 4.50. The zero-order valence-electron chi connectivity index (χ0n) is 11.5. The largest absolute Gasteiger partial charge is 0.311 e. The van der Waals surface area contributed by atoms with Gasteiger partial charge in [0.1, 0.15) is 0 Å². The lowest BCUT2D eigenvalue weighted by Gasteiger charge is -2.07. The lowest BCUT2D eigenvalue weighted by atomic mass is 10.1. The third kappa shape index (κ3) is 3.67. The second-order valence-electron chi connectivity index (χ2n) is 4.57. The number of aromatic nitrogens is 2. The van der Waals surface area contributed by atoms with Crippen molar-refractivity contribution in [2.24, 2.45) is 0 Å². The third-order valence-corrected chi connectivity index (χ3v) is 4.21. The maximum absolute atomic E-state index is 4.50. The molecule has 0 bridgehead atoms. The Hall–Kier alpha value is -1.13. The molecule has 0 aliphatic heterocycles. The minimum absolute atomic E-state index is 0.849. The molecule has 0 unspecified atom stereocenters. The molecule has 0 amide bonds. The van der Waals surface area contributed by atoms with E-state index in [4.69, 9.17) is 0 Å². The van der Waals surface area contributed by atoms with Crippen molar-refractivity contribution < 1.29 is 0 Å². The highest BCUT2D eigenvalue weighted by molar-refractivity contribution is 9.10. The van der Waals surface area contributed by atoms with Crippen molar-refractivity contribution in [2.75, 3.05) is 6.54 Å². The van der Waals surface area contributed by atoms with Crippen molar-refractivity contribution in [3.63, 3.8) is 0 Å². The van der Waals surface area contributed by atoms with E-state index < -0.39 is 0 Å². The van der Waals surface area contributed by atoms with Crippen LogP contribution in [0.5, 0.6) is 0 Å². The molecule has 0 aliphatic carbocycles. The van der Waals surface area contributed by atoms with Crippen LogP contribution in [0.15, 0.2) is 34.8 Å². The third-order valence-electron chi connectivity index (χ3n) is 3.18. The Balaban J connectivity index is 1.86. The van der Waals surface area contributed by atoms with Crippen LogP contribution in [-0.2, 0) is 19.5 Å². The monoisotopic (exact) mass is 321 g/mol. The molecule has 0 saturated heterocycles. The van der Waals surface area contributed by atoms with Crippen LogP contribution in [-0.4, -0.2) is 16.3 Å². The van der Waals surface area contributed by atoms with Crippen LogP contribution in [0.1, 0.15) is 23.9 Å². The summed E-state index contributed by atoms with van der Waals surface area (Å²) >= 11 is 3.62. The molecule has 0 radical (unpaired) electrons. The molecule has 0 aliphatic rings. The predicted molar refractivity (Wildman–Crippen MR) is 82.2 cm³/mol. The molecular weight excluding hydrogens is 302 g/mol. The van der Waals surface area contributed by atoms with E-state index in [0.717, 1.165) is 36.2 Å². The molecule has 19 heavy (non-hydrogen) atoms. The van der Waals surface area contributed by atoms with Crippen molar-refractivity contribution in [1.82, 2.24) is 15.1 Å². The normalized spacial score (nSPS) is 10.9. The highest BCUT2D eigenvalue weighted by Gasteiger charge is 2.10. The minimum Gasteiger partial charge on any atom is -0.311 e. The minimum atomic E-state index is 0.849. The molecule has 2 rings (SSSR count). The van der Waals surface area contributed by atoms with Crippen molar-refractivity contribution in [3.05, 3.63) is 51.8 Å². The van der Waals surface area contributed by atoms with Gasteiger partial charge in [0, 0.05) is 13.1 Å². The number of hydrogen-bond donors (Lipinski definition) is 1. The number of halogens is 1. The first-order valence-electron chi connectivity index (χ1n) is 6.68. The Bertz CT molecular complexity index is 520. The van der Waals surface area contributed by atoms with Crippen LogP contribution in [0.2, 0.25) is 0 Å². The van der Waals surface area contributed by atoms with Gasteiger partial charge in [0.15, 0.2) is 0 Å². The molecular formula is C15H20BrN3. The second-order valence-corrected chi connectivity index (χ2v) is 5.37. The molecule has 102 valence electrons. The van der Waals surface area contributed by atoms with E-state index in [9.17, 15) is 0 Å². The molecule has 3 nitrogen and oxygen atoms in total. The van der Waals surface area contributed by atoms with E-state index in [-0.39, 0.29) is 0 Å². The summed E-state index contributed by atoms with van der Waals surface area (Å²) in [5.41, 5.74) is 3.66. The quantitative estimate of drug-likeness (QED) is 0.827. The highest BCUT2D eigenvalue weighted by Crippen LogP contribution is 2.20. The van der Waals surface area contributed by atoms with Gasteiger partial charge in [-0.1, -0.05) is 30.3 Å². The Morgan fingerprint density at radius 1 is 1.26 bits per heavy atom. The lowest BCUT2D eigenvalue weighted by Crippen LogP contribution is -2.19. The molecule has 1 aromatic heterocycles. The summed E-state index contributed by atoms with van der Waals surface area (Å²) in [6.45, 7) is 6.88. The lowest BCUT2D eigenvalue weighted by molar-refractivity contribution is 0.579. The molecule has 4 heteroatoms. The molecule has 1 N–H and O–H groups in total. The maximum Gasteiger partial charge on any atom is 0.0739 e. The van der Waals surface area contributed by atoms with E-state index in [1.165, 1.54) is 11.3 Å². The fraction of sp³-hybridized carbons (Fsp3) is 0.400. The van der Waals surface area contributed by atoms with Crippen LogP contribution >= 0.6 is 15.9 Å². The van der Waals surface area contributed by atoms with Gasteiger partial charge in [-0.3, -0.25) is 4.68 Å². The molecule has 1 aromatic carbocycles. The average molecular weight is 322 g/mol. The average Bonchev–Trinajstić information content (AvgIpc) is 2.72. The van der Waals surface area contributed by atoms with Gasteiger partial charge < -0.3 is 5.32 Å². The molecule has 0 saturated carbocycles. The molecule has 2 aromatic rings. The second kappa shape index (κ2) is 6.87. The van der Waals surface area contributed by atoms with Crippen molar-refractivity contribution in [2.45, 2.75) is 33.4 Å². The summed E-state index contributed by atoms with van der Waals surface area (Å²) in [5, 5.41) is 7.98. The van der Waals surface area contributed by atoms with Crippen molar-refractivity contribution >= 4 is 15.9 Å². The number of rotatable bonds is 6. The zero-order valence-corrected chi connectivity index (χ0v) is 13.1. The topological polar surface area (TPSA) is 29.9 Å². The summed E-state index contributed by atoms with van der Waals surface area (Å²) in [6, 6.07) is 10.6. The summed E-state index contributed by atoms with van der Waals surface area (Å²) in [6.07, 6.45) is 1.05. The smallest absolute Gasteiger partial charge is 0.0739 e. The van der Waals surface area contributed by atoms with Crippen LogP contribution < -0.4 is 5.32 Å². The number of nitrogens with zero attached hydrogens (tertiary/aromatic N) is 2. The number of aryl methyl sites for hydroxylation is 2. The van der Waals surface area contributed by atoms with Gasteiger partial charge in [-0.25, -0.2) is 0 Å². The first-order chi connectivity index (χ1) is 9.22. The number of benzene rings is 1. The standard InChI is InChI=1S/C15H20BrN3/c1-3-19-14(15(16)12(2)18-19)11-17-10-9-13-7-5-4-6-8-13/h4-8,17H,3,9-11H2,1-2H3. The van der Waals surface area contributed by atoms with E-state index in [2.05, 4.69) is 68.3 Å². The van der Waals surface area contributed by atoms with Crippen LogP contribution in [0, 0.1) is 6.92 Å². The van der Waals surface area contributed by atoms with Gasteiger partial charge in [-0.05, 0) is 48.3 Å². The van der Waals surface area contributed by atoms with E-state index in [0.29, 0.717) is 0 Å². The van der Waals surface area contributed by atoms with Gasteiger partial charge in [0.25, 0.3) is 0 Å². The SMILES string of the molecule is CCn1nc(C)c(Br)c1CNCCc1ccccc1. The van der Waals surface area contributed by atoms with Gasteiger partial charge in [-0.2, -0.15) is 5.10 Å². The summed E-state index contributed by atoms with van der Waals surface area (Å²) in [7, 11) is 0. The van der Waals surface area contributed by atoms with Crippen LogP contribution in [0.25, 0.3) is 0 Å². The van der Waals surface area contributed by atoms with E-state index in [1.54, 1.807) is 0 Å². The summed E-state index contributed by atoms with van der Waals surface area (Å²) in [5.74, 6) is 0. The van der Waals surface area contributed by atoms with Gasteiger partial charge in [0.2, 0.25) is 0 Å². The van der Waals surface area contributed by atoms with E-state index in [1.807, 2.05) is 6.92 Å². The number of nitrogens with one attached hydrogen (secondary N) is 1. The van der Waals surface area contributed by atoms with Gasteiger partial charge in [0.05, 0.1) is 15.9 Å². The van der Waals surface area contributed by atoms with Gasteiger partial charge >= 0.3 is 0 Å². The summed E-state index contributed by atoms with van der Waals surface area (Å²) in [4.78, 5) is 0.